The predicted octanol–water partition coefficient (Wildman–Crippen LogP) is 3.76. The molecule has 0 unspecified atom stereocenters. The summed E-state index contributed by atoms with van der Waals surface area (Å²) >= 11 is 1.70. The lowest BCUT2D eigenvalue weighted by atomic mass is 10.2. The van der Waals surface area contributed by atoms with Gasteiger partial charge in [0.1, 0.15) is 0 Å². The molecule has 2 heterocycles. The molecule has 1 saturated heterocycles. The third-order valence-corrected chi connectivity index (χ3v) is 6.47. The zero-order valence-corrected chi connectivity index (χ0v) is 20.4. The van der Waals surface area contributed by atoms with Crippen LogP contribution in [0, 0.1) is 13.8 Å². The molecule has 1 N–H and O–H groups in total. The van der Waals surface area contributed by atoms with Gasteiger partial charge in [-0.15, -0.1) is 11.3 Å². The summed E-state index contributed by atoms with van der Waals surface area (Å²) in [5.41, 5.74) is 3.81. The van der Waals surface area contributed by atoms with Crippen LogP contribution in [0.1, 0.15) is 36.0 Å². The molecule has 0 bridgehead atoms. The van der Waals surface area contributed by atoms with Crippen LogP contribution in [0.25, 0.3) is 0 Å². The highest BCUT2D eigenvalue weighted by molar-refractivity contribution is 7.09. The van der Waals surface area contributed by atoms with Gasteiger partial charge in [0, 0.05) is 57.4 Å². The van der Waals surface area contributed by atoms with Crippen molar-refractivity contribution in [2.24, 2.45) is 4.99 Å². The molecule has 1 fully saturated rings. The largest absolute Gasteiger partial charge is 0.369 e. The van der Waals surface area contributed by atoms with E-state index in [1.165, 1.54) is 24.2 Å². The Bertz CT molecular complexity index is 825. The Balaban J connectivity index is 1.36. The molecule has 1 aliphatic heterocycles. The van der Waals surface area contributed by atoms with E-state index < -0.39 is 0 Å². The number of thiazole rings is 1. The molecule has 1 aromatic carbocycles. The topological polar surface area (TPSA) is 47.0 Å². The van der Waals surface area contributed by atoms with Crippen LogP contribution >= 0.6 is 11.3 Å². The Labute approximate surface area is 192 Å². The molecule has 0 atom stereocenters. The highest BCUT2D eigenvalue weighted by Gasteiger charge is 2.16. The van der Waals surface area contributed by atoms with Gasteiger partial charge in [0.2, 0.25) is 0 Å². The van der Waals surface area contributed by atoms with E-state index in [9.17, 15) is 0 Å². The first kappa shape index (κ1) is 23.5. The first-order valence-corrected chi connectivity index (χ1v) is 12.4. The zero-order valence-electron chi connectivity index (χ0n) is 19.6. The number of aryl methyl sites for hydroxylation is 2. The third-order valence-electron chi connectivity index (χ3n) is 5.65. The van der Waals surface area contributed by atoms with Crippen molar-refractivity contribution in [1.29, 1.82) is 0 Å². The van der Waals surface area contributed by atoms with Gasteiger partial charge < -0.3 is 15.1 Å². The molecule has 0 spiro atoms. The van der Waals surface area contributed by atoms with Crippen LogP contribution in [-0.4, -0.2) is 73.6 Å². The van der Waals surface area contributed by atoms with Gasteiger partial charge in [-0.05, 0) is 57.9 Å². The fourth-order valence-electron chi connectivity index (χ4n) is 3.95. The van der Waals surface area contributed by atoms with Crippen molar-refractivity contribution in [3.8, 4) is 0 Å². The van der Waals surface area contributed by atoms with Crippen LogP contribution in [0.3, 0.4) is 0 Å². The summed E-state index contributed by atoms with van der Waals surface area (Å²) in [6.45, 7) is 14.6. The highest BCUT2D eigenvalue weighted by Crippen LogP contribution is 2.18. The Kier molecular flexibility index (Phi) is 9.15. The average Bonchev–Trinajstić information content (AvgIpc) is 3.17. The number of rotatable bonds is 9. The maximum atomic E-state index is 4.84. The fourth-order valence-corrected chi connectivity index (χ4v) is 4.56. The monoisotopic (exact) mass is 442 g/mol. The quantitative estimate of drug-likeness (QED) is 0.364. The zero-order chi connectivity index (χ0) is 22.1. The molecule has 31 heavy (non-hydrogen) atoms. The van der Waals surface area contributed by atoms with Gasteiger partial charge >= 0.3 is 0 Å². The fraction of sp³-hybridized carbons (Fsp3) is 0.583. The highest BCUT2D eigenvalue weighted by atomic mass is 32.1. The van der Waals surface area contributed by atoms with Gasteiger partial charge in [-0.1, -0.05) is 12.1 Å². The molecule has 0 amide bonds. The number of aliphatic imine (C=N–C) groups is 1. The van der Waals surface area contributed by atoms with Crippen molar-refractivity contribution in [2.45, 2.75) is 40.2 Å². The minimum absolute atomic E-state index is 0.793. The molecular formula is C24H38N6S. The van der Waals surface area contributed by atoms with Crippen molar-refractivity contribution in [3.63, 3.8) is 0 Å². The standard InChI is InChI=1S/C24H38N6S/c1-5-25-24(28(4)18-22-19-31-21(3)27-22)26-11-6-7-12-29-13-15-30(16-14-29)23-10-8-9-20(2)17-23/h8-10,17,19H,5-7,11-16,18H2,1-4H3,(H,25,26). The summed E-state index contributed by atoms with van der Waals surface area (Å²) < 4.78 is 0. The second kappa shape index (κ2) is 12.1. The molecule has 6 nitrogen and oxygen atoms in total. The lowest BCUT2D eigenvalue weighted by Crippen LogP contribution is -2.46. The van der Waals surface area contributed by atoms with Gasteiger partial charge in [-0.3, -0.25) is 9.89 Å². The Morgan fingerprint density at radius 1 is 1.19 bits per heavy atom. The Morgan fingerprint density at radius 2 is 2.00 bits per heavy atom. The normalized spacial score (nSPS) is 15.4. The van der Waals surface area contributed by atoms with Gasteiger partial charge in [0.05, 0.1) is 17.2 Å². The minimum atomic E-state index is 0.793. The van der Waals surface area contributed by atoms with Crippen molar-refractivity contribution >= 4 is 23.0 Å². The number of hydrogen-bond acceptors (Lipinski definition) is 5. The minimum Gasteiger partial charge on any atom is -0.369 e. The average molecular weight is 443 g/mol. The van der Waals surface area contributed by atoms with Crippen molar-refractivity contribution < 1.29 is 0 Å². The van der Waals surface area contributed by atoms with E-state index in [-0.39, 0.29) is 0 Å². The molecule has 7 heteroatoms. The number of guanidine groups is 1. The molecule has 0 radical (unpaired) electrons. The lowest BCUT2D eigenvalue weighted by molar-refractivity contribution is 0.253. The molecule has 3 rings (SSSR count). The first-order valence-electron chi connectivity index (χ1n) is 11.5. The smallest absolute Gasteiger partial charge is 0.194 e. The number of anilines is 1. The summed E-state index contributed by atoms with van der Waals surface area (Å²) in [4.78, 5) is 16.7. The molecule has 170 valence electrons. The number of unbranched alkanes of at least 4 members (excludes halogenated alkanes) is 1. The number of piperazine rings is 1. The third kappa shape index (κ3) is 7.51. The van der Waals surface area contributed by atoms with E-state index in [2.05, 4.69) is 82.5 Å². The van der Waals surface area contributed by atoms with Crippen LogP contribution in [0.4, 0.5) is 5.69 Å². The van der Waals surface area contributed by atoms with Gasteiger partial charge in [-0.2, -0.15) is 0 Å². The lowest BCUT2D eigenvalue weighted by Gasteiger charge is -2.36. The van der Waals surface area contributed by atoms with Crippen LogP contribution < -0.4 is 10.2 Å². The first-order chi connectivity index (χ1) is 15.0. The van der Waals surface area contributed by atoms with E-state index in [1.54, 1.807) is 11.3 Å². The number of aromatic nitrogens is 1. The molecule has 0 saturated carbocycles. The number of benzene rings is 1. The molecule has 2 aromatic rings. The SMILES string of the molecule is CCNC(=NCCCCN1CCN(c2cccc(C)c2)CC1)N(C)Cc1csc(C)n1. The van der Waals surface area contributed by atoms with Crippen LogP contribution in [0.5, 0.6) is 0 Å². The Morgan fingerprint density at radius 3 is 2.68 bits per heavy atom. The van der Waals surface area contributed by atoms with Crippen molar-refractivity contribution in [3.05, 3.63) is 45.9 Å². The van der Waals surface area contributed by atoms with Crippen LogP contribution in [-0.2, 0) is 6.54 Å². The van der Waals surface area contributed by atoms with Gasteiger partial charge in [0.25, 0.3) is 0 Å². The summed E-state index contributed by atoms with van der Waals surface area (Å²) in [5.74, 6) is 0.972. The van der Waals surface area contributed by atoms with Crippen LogP contribution in [0.2, 0.25) is 0 Å². The summed E-state index contributed by atoms with van der Waals surface area (Å²) in [7, 11) is 2.09. The summed E-state index contributed by atoms with van der Waals surface area (Å²) in [6.07, 6.45) is 2.32. The summed E-state index contributed by atoms with van der Waals surface area (Å²) in [6, 6.07) is 8.85. The van der Waals surface area contributed by atoms with E-state index >= 15 is 0 Å². The second-order valence-electron chi connectivity index (χ2n) is 8.32. The molecular weight excluding hydrogens is 404 g/mol. The number of nitrogens with zero attached hydrogens (tertiary/aromatic N) is 5. The van der Waals surface area contributed by atoms with E-state index in [1.807, 2.05) is 0 Å². The number of hydrogen-bond donors (Lipinski definition) is 1. The molecule has 0 aliphatic carbocycles. The van der Waals surface area contributed by atoms with Gasteiger partial charge in [-0.25, -0.2) is 4.98 Å². The summed E-state index contributed by atoms with van der Waals surface area (Å²) in [5, 5.41) is 6.66. The van der Waals surface area contributed by atoms with Crippen LogP contribution in [0.15, 0.2) is 34.6 Å². The van der Waals surface area contributed by atoms with Crippen molar-refractivity contribution in [1.82, 2.24) is 20.1 Å². The van der Waals surface area contributed by atoms with E-state index in [0.717, 1.165) is 68.9 Å². The Hall–Kier alpha value is -2.12. The van der Waals surface area contributed by atoms with E-state index in [4.69, 9.17) is 4.99 Å². The molecule has 1 aromatic heterocycles. The predicted molar refractivity (Wildman–Crippen MR) is 133 cm³/mol. The maximum absolute atomic E-state index is 4.84. The maximum Gasteiger partial charge on any atom is 0.194 e. The molecule has 1 aliphatic rings. The van der Waals surface area contributed by atoms with Crippen molar-refractivity contribution in [2.75, 3.05) is 57.8 Å². The van der Waals surface area contributed by atoms with E-state index in [0.29, 0.717) is 0 Å². The van der Waals surface area contributed by atoms with Gasteiger partial charge in [0.15, 0.2) is 5.96 Å². The second-order valence-corrected chi connectivity index (χ2v) is 9.39. The number of nitrogens with one attached hydrogen (secondary N) is 1.